The number of nitrogens with one attached hydrogen (secondary N) is 1. The number of rotatable bonds is 7. The summed E-state index contributed by atoms with van der Waals surface area (Å²) in [7, 11) is 0. The Hall–Kier alpha value is -2.88. The molecule has 0 aliphatic carbocycles. The zero-order valence-electron chi connectivity index (χ0n) is 16.1. The summed E-state index contributed by atoms with van der Waals surface area (Å²) in [5.41, 5.74) is 6.19. The van der Waals surface area contributed by atoms with Gasteiger partial charge < -0.3 is 10.1 Å². The zero-order valence-corrected chi connectivity index (χ0v) is 16.9. The largest absolute Gasteiger partial charge is 0.396 e. The fraction of sp³-hybridized carbons (Fsp3) is 0.160. The Bertz CT molecular complexity index is 1070. The molecule has 4 heteroatoms. The van der Waals surface area contributed by atoms with Gasteiger partial charge in [0.25, 0.3) is 0 Å². The van der Waals surface area contributed by atoms with E-state index in [4.69, 9.17) is 21.7 Å². The third kappa shape index (κ3) is 4.42. The van der Waals surface area contributed by atoms with Crippen molar-refractivity contribution in [3.8, 4) is 33.9 Å². The summed E-state index contributed by atoms with van der Waals surface area (Å²) in [6.45, 7) is 0.248. The maximum Gasteiger partial charge on any atom is 0.140 e. The summed E-state index contributed by atoms with van der Waals surface area (Å²) in [6.07, 6.45) is 2.80. The molecule has 0 spiro atoms. The molecule has 0 radical (unpaired) electrons. The van der Waals surface area contributed by atoms with Crippen molar-refractivity contribution in [2.75, 3.05) is 6.61 Å². The van der Waals surface area contributed by atoms with Gasteiger partial charge in [-0.15, -0.1) is 0 Å². The number of aliphatic hydroxyl groups excluding tert-OH is 1. The van der Waals surface area contributed by atoms with Crippen LogP contribution in [0.3, 0.4) is 0 Å². The van der Waals surface area contributed by atoms with Crippen LogP contribution < -0.4 is 0 Å². The Morgan fingerprint density at radius 1 is 0.793 bits per heavy atom. The van der Waals surface area contributed by atoms with Gasteiger partial charge in [-0.2, -0.15) is 0 Å². The predicted molar refractivity (Wildman–Crippen MR) is 120 cm³/mol. The first kappa shape index (κ1) is 19.4. The first-order chi connectivity index (χ1) is 14.3. The second kappa shape index (κ2) is 9.08. The van der Waals surface area contributed by atoms with Gasteiger partial charge in [0.2, 0.25) is 0 Å². The van der Waals surface area contributed by atoms with Crippen molar-refractivity contribution in [3.05, 3.63) is 89.4 Å². The molecule has 1 heterocycles. The quantitative estimate of drug-likeness (QED) is 0.352. The Morgan fingerprint density at radius 3 is 2.24 bits per heavy atom. The molecule has 3 nitrogen and oxygen atoms in total. The molecule has 0 aliphatic rings. The van der Waals surface area contributed by atoms with Gasteiger partial charge >= 0.3 is 0 Å². The second-order valence-corrected chi connectivity index (χ2v) is 7.44. The number of imidazole rings is 1. The van der Waals surface area contributed by atoms with Gasteiger partial charge in [-0.3, -0.25) is 0 Å². The molecule has 1 aromatic heterocycles. The highest BCUT2D eigenvalue weighted by Crippen LogP contribution is 2.35. The monoisotopic (exact) mass is 402 g/mol. The van der Waals surface area contributed by atoms with Gasteiger partial charge in [0.1, 0.15) is 5.82 Å². The molecule has 0 aliphatic heterocycles. The van der Waals surface area contributed by atoms with Gasteiger partial charge in [-0.05, 0) is 37.0 Å². The van der Waals surface area contributed by atoms with Crippen molar-refractivity contribution in [3.63, 3.8) is 0 Å². The number of halogens is 1. The van der Waals surface area contributed by atoms with Crippen molar-refractivity contribution in [1.82, 2.24) is 9.97 Å². The second-order valence-electron chi connectivity index (χ2n) is 7.03. The number of unbranched alkanes of at least 4 members (excludes halogenated alkanes) is 1. The van der Waals surface area contributed by atoms with E-state index in [2.05, 4.69) is 41.4 Å². The average Bonchev–Trinajstić information content (AvgIpc) is 3.21. The average molecular weight is 403 g/mol. The molecule has 4 aromatic rings. The van der Waals surface area contributed by atoms with E-state index in [1.165, 1.54) is 5.56 Å². The summed E-state index contributed by atoms with van der Waals surface area (Å²) in [5, 5.41) is 9.64. The van der Waals surface area contributed by atoms with Crippen LogP contribution in [0, 0.1) is 0 Å². The lowest BCUT2D eigenvalue weighted by atomic mass is 10.0. The van der Waals surface area contributed by atoms with Crippen molar-refractivity contribution in [2.45, 2.75) is 19.3 Å². The van der Waals surface area contributed by atoms with E-state index in [0.29, 0.717) is 5.02 Å². The van der Waals surface area contributed by atoms with E-state index in [9.17, 15) is 0 Å². The Morgan fingerprint density at radius 2 is 1.52 bits per heavy atom. The summed E-state index contributed by atoms with van der Waals surface area (Å²) in [4.78, 5) is 8.40. The van der Waals surface area contributed by atoms with Crippen LogP contribution in [0.1, 0.15) is 18.4 Å². The van der Waals surface area contributed by atoms with Crippen LogP contribution in [-0.2, 0) is 6.42 Å². The summed E-state index contributed by atoms with van der Waals surface area (Å²) in [5.74, 6) is 0.761. The summed E-state index contributed by atoms with van der Waals surface area (Å²) in [6, 6.07) is 26.5. The third-order valence-corrected chi connectivity index (χ3v) is 5.33. The Balaban J connectivity index is 1.74. The normalized spacial score (nSPS) is 11.0. The fourth-order valence-electron chi connectivity index (χ4n) is 3.45. The number of hydrogen-bond acceptors (Lipinski definition) is 2. The number of aromatic amines is 1. The molecule has 0 saturated carbocycles. The van der Waals surface area contributed by atoms with Crippen molar-refractivity contribution >= 4 is 11.6 Å². The van der Waals surface area contributed by atoms with E-state index >= 15 is 0 Å². The Kier molecular flexibility index (Phi) is 6.09. The summed E-state index contributed by atoms with van der Waals surface area (Å²) >= 11 is 6.42. The number of benzene rings is 3. The molecule has 0 fully saturated rings. The number of aromatic nitrogens is 2. The minimum absolute atomic E-state index is 0.248. The van der Waals surface area contributed by atoms with Crippen LogP contribution in [0.4, 0.5) is 0 Å². The van der Waals surface area contributed by atoms with Crippen LogP contribution >= 0.6 is 11.6 Å². The lowest BCUT2D eigenvalue weighted by molar-refractivity contribution is 0.284. The zero-order chi connectivity index (χ0) is 20.1. The molecule has 0 atom stereocenters. The van der Waals surface area contributed by atoms with Crippen molar-refractivity contribution in [2.24, 2.45) is 0 Å². The van der Waals surface area contributed by atoms with Crippen LogP contribution in [0.25, 0.3) is 33.9 Å². The molecule has 4 rings (SSSR count). The molecule has 146 valence electrons. The predicted octanol–water partition coefficient (Wildman–Crippen LogP) is 6.38. The van der Waals surface area contributed by atoms with Gasteiger partial charge in [0.05, 0.1) is 16.4 Å². The molecule has 0 amide bonds. The van der Waals surface area contributed by atoms with E-state index in [0.717, 1.165) is 53.2 Å². The molecule has 0 unspecified atom stereocenters. The smallest absolute Gasteiger partial charge is 0.140 e. The molecule has 0 bridgehead atoms. The van der Waals surface area contributed by atoms with Crippen LogP contribution in [0.2, 0.25) is 5.02 Å². The van der Waals surface area contributed by atoms with Crippen molar-refractivity contribution in [1.29, 1.82) is 0 Å². The highest BCUT2D eigenvalue weighted by molar-refractivity contribution is 6.33. The lowest BCUT2D eigenvalue weighted by Crippen LogP contribution is -1.89. The molecular formula is C25H23ClN2O. The molecule has 2 N–H and O–H groups in total. The number of aliphatic hydroxyl groups is 1. The summed E-state index contributed by atoms with van der Waals surface area (Å²) < 4.78 is 0. The van der Waals surface area contributed by atoms with E-state index in [1.807, 2.05) is 42.5 Å². The SMILES string of the molecule is OCCCCc1ccc(-c2[nH]c(-c3ccccc3Cl)nc2-c2ccccc2)cc1. The van der Waals surface area contributed by atoms with Crippen LogP contribution in [0.15, 0.2) is 78.9 Å². The van der Waals surface area contributed by atoms with Crippen molar-refractivity contribution < 1.29 is 5.11 Å². The standard InChI is InChI=1S/C25H23ClN2O/c26-22-12-5-4-11-21(22)25-27-23(19-9-2-1-3-10-19)24(28-25)20-15-13-18(14-16-20)8-6-7-17-29/h1-5,9-16,29H,6-8,17H2,(H,27,28). The van der Waals surface area contributed by atoms with Gasteiger partial charge in [-0.25, -0.2) is 4.98 Å². The van der Waals surface area contributed by atoms with Gasteiger partial charge in [0.15, 0.2) is 0 Å². The van der Waals surface area contributed by atoms with E-state index in [-0.39, 0.29) is 6.61 Å². The van der Waals surface area contributed by atoms with E-state index < -0.39 is 0 Å². The number of hydrogen-bond donors (Lipinski definition) is 2. The number of nitrogens with zero attached hydrogens (tertiary/aromatic N) is 1. The minimum Gasteiger partial charge on any atom is -0.396 e. The number of H-pyrrole nitrogens is 1. The third-order valence-electron chi connectivity index (χ3n) is 5.00. The molecular weight excluding hydrogens is 380 g/mol. The molecule has 29 heavy (non-hydrogen) atoms. The first-order valence-electron chi connectivity index (χ1n) is 9.87. The minimum atomic E-state index is 0.248. The van der Waals surface area contributed by atoms with Gasteiger partial charge in [-0.1, -0.05) is 78.3 Å². The van der Waals surface area contributed by atoms with E-state index in [1.54, 1.807) is 0 Å². The first-order valence-corrected chi connectivity index (χ1v) is 10.2. The maximum atomic E-state index is 8.97. The molecule has 0 saturated heterocycles. The topological polar surface area (TPSA) is 48.9 Å². The fourth-order valence-corrected chi connectivity index (χ4v) is 3.67. The van der Waals surface area contributed by atoms with Crippen LogP contribution in [0.5, 0.6) is 0 Å². The van der Waals surface area contributed by atoms with Crippen LogP contribution in [-0.4, -0.2) is 21.7 Å². The Labute approximate surface area is 176 Å². The lowest BCUT2D eigenvalue weighted by Gasteiger charge is -2.05. The number of aryl methyl sites for hydroxylation is 1. The highest BCUT2D eigenvalue weighted by Gasteiger charge is 2.16. The van der Waals surface area contributed by atoms with Gasteiger partial charge in [0, 0.05) is 23.3 Å². The highest BCUT2D eigenvalue weighted by atomic mass is 35.5. The maximum absolute atomic E-state index is 8.97. The molecule has 3 aromatic carbocycles.